The number of rotatable bonds is 4. The van der Waals surface area contributed by atoms with E-state index in [1.165, 1.54) is 0 Å². The quantitative estimate of drug-likeness (QED) is 0.878. The number of phenols is 1. The number of hydrogen-bond donors (Lipinski definition) is 1. The highest BCUT2D eigenvalue weighted by atomic mass is 16.6. The molecule has 0 radical (unpaired) electrons. The first-order chi connectivity index (χ1) is 9.85. The molecule has 112 valence electrons. The van der Waals surface area contributed by atoms with E-state index in [0.717, 1.165) is 11.1 Å². The van der Waals surface area contributed by atoms with Crippen molar-refractivity contribution in [3.05, 3.63) is 36.7 Å². The van der Waals surface area contributed by atoms with E-state index >= 15 is 0 Å². The topological polar surface area (TPSA) is 64.3 Å². The molecule has 5 heteroatoms. The molecule has 0 saturated carbocycles. The van der Waals surface area contributed by atoms with Crippen molar-refractivity contribution in [3.8, 4) is 16.9 Å². The Hall–Kier alpha value is -2.30. The highest BCUT2D eigenvalue weighted by molar-refractivity contribution is 5.70. The van der Waals surface area contributed by atoms with Gasteiger partial charge in [-0.05, 0) is 26.8 Å². The van der Waals surface area contributed by atoms with Crippen LogP contribution < -0.4 is 0 Å². The van der Waals surface area contributed by atoms with E-state index in [-0.39, 0.29) is 18.1 Å². The van der Waals surface area contributed by atoms with Crippen LogP contribution in [0.3, 0.4) is 0 Å². The molecular weight excluding hydrogens is 268 g/mol. The standard InChI is InChI=1S/C16H20N2O3/c1-16(2,3)21-15(20)8-9-18-11-12(10-17-18)13-6-4-5-7-14(13)19/h4-7,10-11,19H,8-9H2,1-3H3. The van der Waals surface area contributed by atoms with Crippen LogP contribution in [0.15, 0.2) is 36.7 Å². The fraction of sp³-hybridized carbons (Fsp3) is 0.375. The largest absolute Gasteiger partial charge is 0.507 e. The molecule has 21 heavy (non-hydrogen) atoms. The second-order valence-electron chi connectivity index (χ2n) is 5.85. The number of phenolic OH excluding ortho intramolecular Hbond substituents is 1. The second kappa shape index (κ2) is 5.99. The van der Waals surface area contributed by atoms with Crippen LogP contribution >= 0.6 is 0 Å². The first kappa shape index (κ1) is 15.1. The molecule has 0 atom stereocenters. The molecule has 0 aliphatic heterocycles. The smallest absolute Gasteiger partial charge is 0.308 e. The normalized spacial score (nSPS) is 11.4. The van der Waals surface area contributed by atoms with Gasteiger partial charge >= 0.3 is 5.97 Å². The zero-order valence-electron chi connectivity index (χ0n) is 12.5. The highest BCUT2D eigenvalue weighted by Gasteiger charge is 2.16. The minimum absolute atomic E-state index is 0.212. The van der Waals surface area contributed by atoms with Crippen molar-refractivity contribution in [1.29, 1.82) is 0 Å². The molecule has 1 heterocycles. The number of aromatic nitrogens is 2. The lowest BCUT2D eigenvalue weighted by Crippen LogP contribution is -2.24. The van der Waals surface area contributed by atoms with Gasteiger partial charge in [0.25, 0.3) is 0 Å². The number of nitrogens with zero attached hydrogens (tertiary/aromatic N) is 2. The van der Waals surface area contributed by atoms with Gasteiger partial charge in [0, 0.05) is 17.3 Å². The molecule has 0 spiro atoms. The van der Waals surface area contributed by atoms with Crippen molar-refractivity contribution >= 4 is 5.97 Å². The third kappa shape index (κ3) is 4.34. The Balaban J connectivity index is 1.98. The van der Waals surface area contributed by atoms with Crippen molar-refractivity contribution in [3.63, 3.8) is 0 Å². The van der Waals surface area contributed by atoms with Crippen LogP contribution in [0.1, 0.15) is 27.2 Å². The van der Waals surface area contributed by atoms with Gasteiger partial charge in [0.05, 0.1) is 19.2 Å². The number of ether oxygens (including phenoxy) is 1. The van der Waals surface area contributed by atoms with E-state index in [1.54, 1.807) is 29.2 Å². The van der Waals surface area contributed by atoms with Gasteiger partial charge in [0.15, 0.2) is 0 Å². The highest BCUT2D eigenvalue weighted by Crippen LogP contribution is 2.27. The number of carbonyl (C=O) groups excluding carboxylic acids is 1. The lowest BCUT2D eigenvalue weighted by Gasteiger charge is -2.19. The van der Waals surface area contributed by atoms with Crippen molar-refractivity contribution in [2.24, 2.45) is 0 Å². The van der Waals surface area contributed by atoms with E-state index in [4.69, 9.17) is 4.74 Å². The molecule has 0 fully saturated rings. The average Bonchev–Trinajstić information content (AvgIpc) is 2.83. The summed E-state index contributed by atoms with van der Waals surface area (Å²) in [4.78, 5) is 11.7. The van der Waals surface area contributed by atoms with Gasteiger partial charge in [-0.3, -0.25) is 9.48 Å². The van der Waals surface area contributed by atoms with E-state index in [9.17, 15) is 9.90 Å². The third-order valence-corrected chi connectivity index (χ3v) is 2.81. The summed E-state index contributed by atoms with van der Waals surface area (Å²) in [6.45, 7) is 5.97. The third-order valence-electron chi connectivity index (χ3n) is 2.81. The first-order valence-electron chi connectivity index (χ1n) is 6.88. The predicted octanol–water partition coefficient (Wildman–Crippen LogP) is 2.99. The van der Waals surface area contributed by atoms with Gasteiger partial charge in [-0.1, -0.05) is 18.2 Å². The molecule has 1 N–H and O–H groups in total. The Bertz CT molecular complexity index is 626. The Morgan fingerprint density at radius 3 is 2.71 bits per heavy atom. The van der Waals surface area contributed by atoms with Crippen molar-refractivity contribution in [1.82, 2.24) is 9.78 Å². The first-order valence-corrected chi connectivity index (χ1v) is 6.88. The van der Waals surface area contributed by atoms with Crippen molar-refractivity contribution in [2.45, 2.75) is 39.3 Å². The summed E-state index contributed by atoms with van der Waals surface area (Å²) in [5.74, 6) is -0.0358. The van der Waals surface area contributed by atoms with Crippen LogP contribution in [0.4, 0.5) is 0 Å². The zero-order chi connectivity index (χ0) is 15.5. The second-order valence-corrected chi connectivity index (χ2v) is 5.85. The van der Waals surface area contributed by atoms with Gasteiger partial charge in [-0.2, -0.15) is 5.10 Å². The van der Waals surface area contributed by atoms with Crippen LogP contribution in [0.5, 0.6) is 5.75 Å². The van der Waals surface area contributed by atoms with Crippen LogP contribution in [0, 0.1) is 0 Å². The fourth-order valence-electron chi connectivity index (χ4n) is 1.94. The van der Waals surface area contributed by atoms with Crippen LogP contribution in [-0.4, -0.2) is 26.5 Å². The predicted molar refractivity (Wildman–Crippen MR) is 79.8 cm³/mol. The minimum atomic E-state index is -0.470. The number of aromatic hydroxyl groups is 1. The summed E-state index contributed by atoms with van der Waals surface area (Å²) in [6, 6.07) is 7.08. The summed E-state index contributed by atoms with van der Waals surface area (Å²) < 4.78 is 6.92. The Kier molecular flexibility index (Phi) is 4.31. The van der Waals surface area contributed by atoms with Gasteiger partial charge in [-0.25, -0.2) is 0 Å². The monoisotopic (exact) mass is 288 g/mol. The van der Waals surface area contributed by atoms with Crippen molar-refractivity contribution in [2.75, 3.05) is 0 Å². The van der Waals surface area contributed by atoms with E-state index in [0.29, 0.717) is 6.54 Å². The van der Waals surface area contributed by atoms with E-state index in [2.05, 4.69) is 5.10 Å². The number of esters is 1. The lowest BCUT2D eigenvalue weighted by molar-refractivity contribution is -0.155. The van der Waals surface area contributed by atoms with Gasteiger partial charge in [0.2, 0.25) is 0 Å². The molecule has 1 aromatic carbocycles. The average molecular weight is 288 g/mol. The maximum atomic E-state index is 11.7. The maximum Gasteiger partial charge on any atom is 0.308 e. The fourth-order valence-corrected chi connectivity index (χ4v) is 1.94. The molecule has 0 aliphatic carbocycles. The van der Waals surface area contributed by atoms with Crippen LogP contribution in [-0.2, 0) is 16.1 Å². The maximum absolute atomic E-state index is 11.7. The number of aryl methyl sites for hydroxylation is 1. The molecule has 2 aromatic rings. The van der Waals surface area contributed by atoms with E-state index < -0.39 is 5.60 Å². The molecule has 1 aromatic heterocycles. The number of hydrogen-bond acceptors (Lipinski definition) is 4. The number of benzene rings is 1. The van der Waals surface area contributed by atoms with Gasteiger partial charge in [0.1, 0.15) is 11.4 Å². The molecule has 0 bridgehead atoms. The SMILES string of the molecule is CC(C)(C)OC(=O)CCn1cc(-c2ccccc2O)cn1. The van der Waals surface area contributed by atoms with Crippen LogP contribution in [0.25, 0.3) is 11.1 Å². The van der Waals surface area contributed by atoms with Crippen LogP contribution in [0.2, 0.25) is 0 Å². The summed E-state index contributed by atoms with van der Waals surface area (Å²) >= 11 is 0. The Morgan fingerprint density at radius 2 is 2.05 bits per heavy atom. The summed E-state index contributed by atoms with van der Waals surface area (Å²) in [6.07, 6.45) is 3.74. The molecule has 0 saturated heterocycles. The molecule has 0 unspecified atom stereocenters. The zero-order valence-corrected chi connectivity index (χ0v) is 12.5. The minimum Gasteiger partial charge on any atom is -0.507 e. The lowest BCUT2D eigenvalue weighted by atomic mass is 10.1. The van der Waals surface area contributed by atoms with Gasteiger partial charge < -0.3 is 9.84 Å². The summed E-state index contributed by atoms with van der Waals surface area (Å²) in [7, 11) is 0. The Labute approximate surface area is 124 Å². The number of para-hydroxylation sites is 1. The number of carbonyl (C=O) groups is 1. The molecular formula is C16H20N2O3. The molecule has 0 amide bonds. The molecule has 0 aliphatic rings. The van der Waals surface area contributed by atoms with Crippen molar-refractivity contribution < 1.29 is 14.6 Å². The molecule has 5 nitrogen and oxygen atoms in total. The van der Waals surface area contributed by atoms with E-state index in [1.807, 2.05) is 32.9 Å². The summed E-state index contributed by atoms with van der Waals surface area (Å²) in [5, 5.41) is 14.0. The molecule has 2 rings (SSSR count). The summed E-state index contributed by atoms with van der Waals surface area (Å²) in [5.41, 5.74) is 1.07. The Morgan fingerprint density at radius 1 is 1.33 bits per heavy atom. The van der Waals surface area contributed by atoms with Gasteiger partial charge in [-0.15, -0.1) is 0 Å².